The van der Waals surface area contributed by atoms with Crippen LogP contribution < -0.4 is 4.90 Å². The Balaban J connectivity index is 1.80. The lowest BCUT2D eigenvalue weighted by Gasteiger charge is -2.24. The zero-order valence-corrected chi connectivity index (χ0v) is 17.1. The second-order valence-corrected chi connectivity index (χ2v) is 8.27. The van der Waals surface area contributed by atoms with Gasteiger partial charge >= 0.3 is 0 Å². The van der Waals surface area contributed by atoms with Crippen molar-refractivity contribution >= 4 is 33.3 Å². The molecule has 1 heterocycles. The molecular weight excluding hydrogens is 350 g/mol. The SMILES string of the molecule is C=CC1=C(C=C)c2cc3ccccc3cc2N(C)c2ccc(C3CCCC3)cc21. The van der Waals surface area contributed by atoms with Crippen LogP contribution in [0, 0.1) is 0 Å². The summed E-state index contributed by atoms with van der Waals surface area (Å²) in [6.07, 6.45) is 9.31. The maximum Gasteiger partial charge on any atom is 0.0494 e. The molecular formula is C28H27N. The Hall–Kier alpha value is -3.06. The standard InChI is InChI=1S/C28H27N/c1-4-23-24(5-2)26-16-20-12-8-9-13-21(20)18-28(26)29(3)27-15-14-22(17-25(23)27)19-10-6-7-11-19/h4-5,8-9,12-19H,1-2,6-7,10-11H2,3H3. The van der Waals surface area contributed by atoms with Gasteiger partial charge in [0, 0.05) is 29.5 Å². The molecule has 0 bridgehead atoms. The van der Waals surface area contributed by atoms with Gasteiger partial charge in [0.15, 0.2) is 0 Å². The van der Waals surface area contributed by atoms with Crippen LogP contribution in [0.3, 0.4) is 0 Å². The first-order valence-electron chi connectivity index (χ1n) is 10.6. The third kappa shape index (κ3) is 2.84. The Labute approximate surface area is 173 Å². The minimum atomic E-state index is 0.692. The summed E-state index contributed by atoms with van der Waals surface area (Å²) in [5, 5.41) is 2.51. The summed E-state index contributed by atoms with van der Waals surface area (Å²) in [7, 11) is 2.18. The maximum absolute atomic E-state index is 4.19. The Bertz CT molecular complexity index is 1160. The van der Waals surface area contributed by atoms with Gasteiger partial charge in [-0.3, -0.25) is 0 Å². The van der Waals surface area contributed by atoms with Gasteiger partial charge in [-0.2, -0.15) is 0 Å². The van der Waals surface area contributed by atoms with Crippen molar-refractivity contribution in [3.63, 3.8) is 0 Å². The van der Waals surface area contributed by atoms with Gasteiger partial charge < -0.3 is 4.90 Å². The van der Waals surface area contributed by atoms with Gasteiger partial charge in [-0.1, -0.05) is 68.5 Å². The highest BCUT2D eigenvalue weighted by molar-refractivity contribution is 6.09. The van der Waals surface area contributed by atoms with E-state index >= 15 is 0 Å². The lowest BCUT2D eigenvalue weighted by molar-refractivity contribution is 0.723. The van der Waals surface area contributed by atoms with Crippen LogP contribution in [0.2, 0.25) is 0 Å². The fourth-order valence-corrected chi connectivity index (χ4v) is 5.16. The average molecular weight is 378 g/mol. The normalized spacial score (nSPS) is 16.5. The lowest BCUT2D eigenvalue weighted by atomic mass is 9.90. The van der Waals surface area contributed by atoms with Gasteiger partial charge in [-0.15, -0.1) is 0 Å². The van der Waals surface area contributed by atoms with E-state index in [4.69, 9.17) is 0 Å². The number of hydrogen-bond acceptors (Lipinski definition) is 1. The molecule has 0 spiro atoms. The van der Waals surface area contributed by atoms with Gasteiger partial charge in [0.2, 0.25) is 0 Å². The number of benzene rings is 3. The molecule has 3 aromatic rings. The highest BCUT2D eigenvalue weighted by Gasteiger charge is 2.25. The number of rotatable bonds is 3. The number of allylic oxidation sites excluding steroid dienone is 4. The molecule has 1 aliphatic carbocycles. The summed E-state index contributed by atoms with van der Waals surface area (Å²) in [6.45, 7) is 8.36. The molecule has 144 valence electrons. The highest BCUT2D eigenvalue weighted by atomic mass is 15.1. The molecule has 0 aromatic heterocycles. The second kappa shape index (κ2) is 7.08. The number of nitrogens with zero attached hydrogens (tertiary/aromatic N) is 1. The molecule has 2 aliphatic rings. The van der Waals surface area contributed by atoms with E-state index in [-0.39, 0.29) is 0 Å². The van der Waals surface area contributed by atoms with E-state index in [1.807, 2.05) is 12.2 Å². The Morgan fingerprint density at radius 3 is 2.07 bits per heavy atom. The second-order valence-electron chi connectivity index (χ2n) is 8.27. The first-order valence-corrected chi connectivity index (χ1v) is 10.6. The monoisotopic (exact) mass is 377 g/mol. The Morgan fingerprint density at radius 2 is 1.41 bits per heavy atom. The number of fused-ring (bicyclic) bond motifs is 3. The molecule has 5 rings (SSSR count). The molecule has 0 amide bonds. The first-order chi connectivity index (χ1) is 14.2. The van der Waals surface area contributed by atoms with Crippen LogP contribution >= 0.6 is 0 Å². The molecule has 1 heteroatoms. The predicted octanol–water partition coefficient (Wildman–Crippen LogP) is 7.86. The molecule has 0 radical (unpaired) electrons. The fraction of sp³-hybridized carbons (Fsp3) is 0.214. The van der Waals surface area contributed by atoms with E-state index in [1.54, 1.807) is 0 Å². The van der Waals surface area contributed by atoms with E-state index in [0.717, 1.165) is 5.57 Å². The zero-order valence-electron chi connectivity index (χ0n) is 17.1. The van der Waals surface area contributed by atoms with Crippen LogP contribution in [0.15, 0.2) is 79.9 Å². The molecule has 1 fully saturated rings. The minimum absolute atomic E-state index is 0.692. The molecule has 0 atom stereocenters. The summed E-state index contributed by atoms with van der Waals surface area (Å²) >= 11 is 0. The van der Waals surface area contributed by atoms with Gasteiger partial charge in [0.1, 0.15) is 0 Å². The summed E-state index contributed by atoms with van der Waals surface area (Å²) in [5.74, 6) is 0.692. The van der Waals surface area contributed by atoms with Crippen molar-refractivity contribution in [3.8, 4) is 0 Å². The van der Waals surface area contributed by atoms with E-state index < -0.39 is 0 Å². The average Bonchev–Trinajstić information content (AvgIpc) is 3.28. The molecule has 1 saturated carbocycles. The minimum Gasteiger partial charge on any atom is -0.344 e. The molecule has 1 nitrogen and oxygen atoms in total. The number of hydrogen-bond donors (Lipinski definition) is 0. The predicted molar refractivity (Wildman–Crippen MR) is 127 cm³/mol. The Morgan fingerprint density at radius 1 is 0.793 bits per heavy atom. The van der Waals surface area contributed by atoms with E-state index in [0.29, 0.717) is 5.92 Å². The van der Waals surface area contributed by atoms with Gasteiger partial charge in [-0.25, -0.2) is 0 Å². The van der Waals surface area contributed by atoms with Gasteiger partial charge in [-0.05, 0) is 70.5 Å². The van der Waals surface area contributed by atoms with Crippen LogP contribution in [0.1, 0.15) is 48.3 Å². The third-order valence-electron chi connectivity index (χ3n) is 6.71. The van der Waals surface area contributed by atoms with Crippen molar-refractivity contribution in [2.75, 3.05) is 11.9 Å². The maximum atomic E-state index is 4.19. The summed E-state index contributed by atoms with van der Waals surface area (Å²) in [5.41, 5.74) is 8.73. The van der Waals surface area contributed by atoms with Crippen LogP contribution in [0.4, 0.5) is 11.4 Å². The molecule has 1 aliphatic heterocycles. The van der Waals surface area contributed by atoms with Gasteiger partial charge in [0.25, 0.3) is 0 Å². The first kappa shape index (κ1) is 18.0. The molecule has 0 unspecified atom stereocenters. The molecule has 0 saturated heterocycles. The molecule has 3 aromatic carbocycles. The number of anilines is 2. The zero-order chi connectivity index (χ0) is 20.0. The smallest absolute Gasteiger partial charge is 0.0494 e. The summed E-state index contributed by atoms with van der Waals surface area (Å²) < 4.78 is 0. The summed E-state index contributed by atoms with van der Waals surface area (Å²) in [6, 6.07) is 20.2. The highest BCUT2D eigenvalue weighted by Crippen LogP contribution is 2.46. The third-order valence-corrected chi connectivity index (χ3v) is 6.71. The van der Waals surface area contributed by atoms with Crippen molar-refractivity contribution < 1.29 is 0 Å². The topological polar surface area (TPSA) is 3.24 Å². The fourth-order valence-electron chi connectivity index (χ4n) is 5.16. The van der Waals surface area contributed by atoms with Crippen LogP contribution in [-0.2, 0) is 0 Å². The van der Waals surface area contributed by atoms with Crippen LogP contribution in [-0.4, -0.2) is 7.05 Å². The van der Waals surface area contributed by atoms with E-state index in [9.17, 15) is 0 Å². The molecule has 0 N–H and O–H groups in total. The Kier molecular flexibility index (Phi) is 4.39. The van der Waals surface area contributed by atoms with Gasteiger partial charge in [0.05, 0.1) is 0 Å². The van der Waals surface area contributed by atoms with Crippen molar-refractivity contribution in [3.05, 3.63) is 96.6 Å². The van der Waals surface area contributed by atoms with Crippen LogP contribution in [0.5, 0.6) is 0 Å². The quantitative estimate of drug-likeness (QED) is 0.449. The van der Waals surface area contributed by atoms with E-state index in [1.165, 1.54) is 70.1 Å². The van der Waals surface area contributed by atoms with Crippen molar-refractivity contribution in [2.24, 2.45) is 0 Å². The summed E-state index contributed by atoms with van der Waals surface area (Å²) in [4.78, 5) is 2.33. The molecule has 29 heavy (non-hydrogen) atoms. The largest absolute Gasteiger partial charge is 0.344 e. The van der Waals surface area contributed by atoms with Crippen LogP contribution in [0.25, 0.3) is 21.9 Å². The van der Waals surface area contributed by atoms with Crippen molar-refractivity contribution in [2.45, 2.75) is 31.6 Å². The lowest BCUT2D eigenvalue weighted by Crippen LogP contribution is -2.12. The van der Waals surface area contributed by atoms with E-state index in [2.05, 4.69) is 79.7 Å². The van der Waals surface area contributed by atoms with Crippen molar-refractivity contribution in [1.29, 1.82) is 0 Å². The van der Waals surface area contributed by atoms with Crippen molar-refractivity contribution in [1.82, 2.24) is 0 Å².